The summed E-state index contributed by atoms with van der Waals surface area (Å²) in [7, 11) is 0. The van der Waals surface area contributed by atoms with Gasteiger partial charge < -0.3 is 5.73 Å². The SMILES string of the molecule is CC(C)CSc1nccc(CN)c1Cl. The Bertz CT molecular complexity index is 302. The van der Waals surface area contributed by atoms with Gasteiger partial charge in [-0.15, -0.1) is 11.8 Å². The molecule has 1 aromatic rings. The van der Waals surface area contributed by atoms with Crippen LogP contribution in [0.4, 0.5) is 0 Å². The molecule has 0 radical (unpaired) electrons. The van der Waals surface area contributed by atoms with Gasteiger partial charge in [-0.25, -0.2) is 4.98 Å². The summed E-state index contributed by atoms with van der Waals surface area (Å²) in [5.41, 5.74) is 6.52. The molecule has 0 spiro atoms. The van der Waals surface area contributed by atoms with Crippen LogP contribution in [0, 0.1) is 5.92 Å². The fourth-order valence-electron chi connectivity index (χ4n) is 0.966. The Kier molecular flexibility index (Phi) is 4.72. The Morgan fingerprint density at radius 1 is 1.57 bits per heavy atom. The zero-order valence-electron chi connectivity index (χ0n) is 8.46. The van der Waals surface area contributed by atoms with E-state index >= 15 is 0 Å². The van der Waals surface area contributed by atoms with Gasteiger partial charge >= 0.3 is 0 Å². The molecular formula is C10H15ClN2S. The molecule has 14 heavy (non-hydrogen) atoms. The van der Waals surface area contributed by atoms with Crippen LogP contribution in [0.15, 0.2) is 17.3 Å². The molecule has 0 aromatic carbocycles. The highest BCUT2D eigenvalue weighted by Crippen LogP contribution is 2.28. The Morgan fingerprint density at radius 2 is 2.29 bits per heavy atom. The maximum Gasteiger partial charge on any atom is 0.115 e. The average Bonchev–Trinajstić information content (AvgIpc) is 2.16. The number of halogens is 1. The van der Waals surface area contributed by atoms with Crippen molar-refractivity contribution in [1.29, 1.82) is 0 Å². The van der Waals surface area contributed by atoms with Crippen LogP contribution in [0.2, 0.25) is 5.02 Å². The molecule has 0 fully saturated rings. The highest BCUT2D eigenvalue weighted by atomic mass is 35.5. The van der Waals surface area contributed by atoms with Gasteiger partial charge in [-0.3, -0.25) is 0 Å². The van der Waals surface area contributed by atoms with Gasteiger partial charge in [0.2, 0.25) is 0 Å². The quantitative estimate of drug-likeness (QED) is 0.809. The molecule has 2 nitrogen and oxygen atoms in total. The van der Waals surface area contributed by atoms with Gasteiger partial charge in [0, 0.05) is 18.5 Å². The average molecular weight is 231 g/mol. The van der Waals surface area contributed by atoms with Crippen LogP contribution < -0.4 is 5.73 Å². The van der Waals surface area contributed by atoms with Gasteiger partial charge in [0.25, 0.3) is 0 Å². The predicted molar refractivity (Wildman–Crippen MR) is 62.7 cm³/mol. The van der Waals surface area contributed by atoms with Crippen LogP contribution >= 0.6 is 23.4 Å². The second kappa shape index (κ2) is 5.59. The van der Waals surface area contributed by atoms with E-state index in [0.717, 1.165) is 16.3 Å². The minimum atomic E-state index is 0.469. The van der Waals surface area contributed by atoms with Crippen molar-refractivity contribution in [2.45, 2.75) is 25.4 Å². The normalized spacial score (nSPS) is 10.9. The van der Waals surface area contributed by atoms with E-state index in [4.69, 9.17) is 17.3 Å². The molecule has 1 aromatic heterocycles. The second-order valence-electron chi connectivity index (χ2n) is 3.50. The van der Waals surface area contributed by atoms with Crippen molar-refractivity contribution in [2.75, 3.05) is 5.75 Å². The lowest BCUT2D eigenvalue weighted by molar-refractivity contribution is 0.749. The van der Waals surface area contributed by atoms with Crippen LogP contribution in [0.5, 0.6) is 0 Å². The van der Waals surface area contributed by atoms with Crippen molar-refractivity contribution in [3.8, 4) is 0 Å². The fraction of sp³-hybridized carbons (Fsp3) is 0.500. The number of rotatable bonds is 4. The molecule has 78 valence electrons. The molecule has 0 saturated heterocycles. The summed E-state index contributed by atoms with van der Waals surface area (Å²) >= 11 is 7.82. The van der Waals surface area contributed by atoms with Crippen molar-refractivity contribution in [3.05, 3.63) is 22.8 Å². The molecule has 1 heterocycles. The van der Waals surface area contributed by atoms with E-state index in [2.05, 4.69) is 18.8 Å². The van der Waals surface area contributed by atoms with Crippen molar-refractivity contribution in [3.63, 3.8) is 0 Å². The number of hydrogen-bond acceptors (Lipinski definition) is 3. The number of hydrogen-bond donors (Lipinski definition) is 1. The van der Waals surface area contributed by atoms with Gasteiger partial charge in [-0.05, 0) is 17.5 Å². The summed E-state index contributed by atoms with van der Waals surface area (Å²) in [5, 5.41) is 1.60. The molecule has 0 aliphatic carbocycles. The monoisotopic (exact) mass is 230 g/mol. The highest BCUT2D eigenvalue weighted by Gasteiger charge is 2.07. The number of nitrogens with zero attached hydrogens (tertiary/aromatic N) is 1. The fourth-order valence-corrected chi connectivity index (χ4v) is 2.20. The summed E-state index contributed by atoms with van der Waals surface area (Å²) in [6, 6.07) is 1.86. The van der Waals surface area contributed by atoms with E-state index in [-0.39, 0.29) is 0 Å². The first-order valence-electron chi connectivity index (χ1n) is 4.61. The van der Waals surface area contributed by atoms with Gasteiger partial charge in [-0.1, -0.05) is 25.4 Å². The lowest BCUT2D eigenvalue weighted by Gasteiger charge is -2.07. The zero-order valence-corrected chi connectivity index (χ0v) is 10.0. The maximum absolute atomic E-state index is 6.13. The summed E-state index contributed by atoms with van der Waals surface area (Å²) < 4.78 is 0. The predicted octanol–water partition coefficient (Wildman–Crippen LogP) is 2.94. The van der Waals surface area contributed by atoms with Crippen LogP contribution in [0.25, 0.3) is 0 Å². The Balaban J connectivity index is 2.76. The number of aromatic nitrogens is 1. The lowest BCUT2D eigenvalue weighted by atomic mass is 10.3. The van der Waals surface area contributed by atoms with Gasteiger partial charge in [0.1, 0.15) is 5.03 Å². The highest BCUT2D eigenvalue weighted by molar-refractivity contribution is 7.99. The molecule has 1 rings (SSSR count). The van der Waals surface area contributed by atoms with Crippen molar-refractivity contribution in [1.82, 2.24) is 4.98 Å². The van der Waals surface area contributed by atoms with Crippen molar-refractivity contribution >= 4 is 23.4 Å². The summed E-state index contributed by atoms with van der Waals surface area (Å²) in [4.78, 5) is 4.23. The molecular weight excluding hydrogens is 216 g/mol. The first kappa shape index (κ1) is 11.8. The van der Waals surface area contributed by atoms with Gasteiger partial charge in [0.15, 0.2) is 0 Å². The van der Waals surface area contributed by atoms with E-state index < -0.39 is 0 Å². The van der Waals surface area contributed by atoms with Crippen LogP contribution in [0.3, 0.4) is 0 Å². The van der Waals surface area contributed by atoms with E-state index in [1.165, 1.54) is 0 Å². The molecule has 2 N–H and O–H groups in total. The minimum absolute atomic E-state index is 0.469. The van der Waals surface area contributed by atoms with E-state index in [9.17, 15) is 0 Å². The molecule has 0 unspecified atom stereocenters. The number of pyridine rings is 1. The molecule has 0 aliphatic rings. The Morgan fingerprint density at radius 3 is 2.86 bits per heavy atom. The first-order chi connectivity index (χ1) is 6.65. The van der Waals surface area contributed by atoms with Gasteiger partial charge in [-0.2, -0.15) is 0 Å². The van der Waals surface area contributed by atoms with Crippen molar-refractivity contribution < 1.29 is 0 Å². The minimum Gasteiger partial charge on any atom is -0.326 e. The smallest absolute Gasteiger partial charge is 0.115 e. The maximum atomic E-state index is 6.13. The summed E-state index contributed by atoms with van der Waals surface area (Å²) in [6.07, 6.45) is 1.76. The molecule has 4 heteroatoms. The summed E-state index contributed by atoms with van der Waals surface area (Å²) in [5.74, 6) is 1.67. The lowest BCUT2D eigenvalue weighted by Crippen LogP contribution is -1.99. The molecule has 0 atom stereocenters. The molecule has 0 aliphatic heterocycles. The standard InChI is InChI=1S/C10H15ClN2S/c1-7(2)6-14-10-9(11)8(5-12)3-4-13-10/h3-4,7H,5-6,12H2,1-2H3. The Hall–Kier alpha value is -0.250. The van der Waals surface area contributed by atoms with E-state index in [1.54, 1.807) is 18.0 Å². The third kappa shape index (κ3) is 3.15. The topological polar surface area (TPSA) is 38.9 Å². The second-order valence-corrected chi connectivity index (χ2v) is 4.88. The molecule has 0 amide bonds. The van der Waals surface area contributed by atoms with E-state index in [1.807, 2.05) is 6.07 Å². The molecule has 0 bridgehead atoms. The largest absolute Gasteiger partial charge is 0.326 e. The van der Waals surface area contributed by atoms with Crippen LogP contribution in [-0.2, 0) is 6.54 Å². The Labute approximate surface area is 94.2 Å². The first-order valence-corrected chi connectivity index (χ1v) is 5.97. The van der Waals surface area contributed by atoms with Gasteiger partial charge in [0.05, 0.1) is 5.02 Å². The van der Waals surface area contributed by atoms with Crippen LogP contribution in [-0.4, -0.2) is 10.7 Å². The van der Waals surface area contributed by atoms with Crippen LogP contribution in [0.1, 0.15) is 19.4 Å². The molecule has 0 saturated carbocycles. The number of nitrogens with two attached hydrogens (primary N) is 1. The third-order valence-corrected chi connectivity index (χ3v) is 3.66. The van der Waals surface area contributed by atoms with E-state index in [0.29, 0.717) is 17.5 Å². The summed E-state index contributed by atoms with van der Waals surface area (Å²) in [6.45, 7) is 4.82. The zero-order chi connectivity index (χ0) is 10.6. The number of thioether (sulfide) groups is 1. The third-order valence-electron chi connectivity index (χ3n) is 1.71. The van der Waals surface area contributed by atoms with Crippen molar-refractivity contribution in [2.24, 2.45) is 11.7 Å².